The molecule has 0 radical (unpaired) electrons. The molecule has 2 aliphatic rings. The monoisotopic (exact) mass is 866 g/mol. The number of ether oxygens (including phenoxy) is 9. The fourth-order valence-electron chi connectivity index (χ4n) is 8.02. The largest absolute Gasteiger partial charge is 0.374 e. The standard InChI is InChI=1S/C54H58O10/c55-54-53(62-37-45-29-17-6-18-30-45)52(61-36-44-27-15-5-16-28-44)51(60-35-43-25-13-4-14-26-43)48(64-54)39-58-49-31-46(57-33-41-21-9-2-10-22-41)50(59-34-42-23-11-3-12-24-42)47(63-49)38-56-32-40-19-7-1-8-20-40/h1-30,46-55H,31-39H2/t46-,47-,48-,49+,50+,51-,52+,53+,54+/m1/s1. The van der Waals surface area contributed by atoms with Gasteiger partial charge in [0.25, 0.3) is 0 Å². The van der Waals surface area contributed by atoms with Crippen molar-refractivity contribution in [2.24, 2.45) is 0 Å². The Morgan fingerprint density at radius 2 is 0.719 bits per heavy atom. The van der Waals surface area contributed by atoms with Gasteiger partial charge < -0.3 is 47.7 Å². The van der Waals surface area contributed by atoms with Crippen LogP contribution in [0.4, 0.5) is 0 Å². The minimum Gasteiger partial charge on any atom is -0.374 e. The SMILES string of the molecule is O[C@H]1O[C@H](CO[C@@H]2C[C@@H](OCc3ccccc3)[C@H](OCc3ccccc3)[C@@H](COCc3ccccc3)O2)[C@@H](OCc2ccccc2)[C@H](OCc2ccccc2)[C@@H]1OCc1ccccc1. The molecule has 2 aliphatic heterocycles. The number of aliphatic hydroxyl groups is 1. The van der Waals surface area contributed by atoms with Crippen LogP contribution < -0.4 is 0 Å². The summed E-state index contributed by atoms with van der Waals surface area (Å²) < 4.78 is 59.5. The Morgan fingerprint density at radius 3 is 1.17 bits per heavy atom. The second-order valence-electron chi connectivity index (χ2n) is 16.1. The predicted molar refractivity (Wildman–Crippen MR) is 241 cm³/mol. The summed E-state index contributed by atoms with van der Waals surface area (Å²) in [5.41, 5.74) is 6.03. The Balaban J connectivity index is 1.03. The Bertz CT molecular complexity index is 2170. The van der Waals surface area contributed by atoms with E-state index in [4.69, 9.17) is 42.6 Å². The van der Waals surface area contributed by atoms with Crippen LogP contribution in [0.2, 0.25) is 0 Å². The maximum atomic E-state index is 11.7. The molecule has 2 saturated heterocycles. The van der Waals surface area contributed by atoms with Crippen LogP contribution in [0.3, 0.4) is 0 Å². The van der Waals surface area contributed by atoms with Crippen molar-refractivity contribution in [3.05, 3.63) is 215 Å². The lowest BCUT2D eigenvalue weighted by Crippen LogP contribution is -2.61. The van der Waals surface area contributed by atoms with Crippen molar-refractivity contribution >= 4 is 0 Å². The van der Waals surface area contributed by atoms with Crippen LogP contribution in [0.1, 0.15) is 39.8 Å². The highest BCUT2D eigenvalue weighted by Crippen LogP contribution is 2.33. The van der Waals surface area contributed by atoms with Crippen LogP contribution in [0.25, 0.3) is 0 Å². The van der Waals surface area contributed by atoms with E-state index in [1.807, 2.05) is 182 Å². The van der Waals surface area contributed by atoms with Crippen molar-refractivity contribution < 1.29 is 47.7 Å². The highest BCUT2D eigenvalue weighted by Gasteiger charge is 2.49. The molecule has 10 heteroatoms. The topological polar surface area (TPSA) is 103 Å². The summed E-state index contributed by atoms with van der Waals surface area (Å²) >= 11 is 0. The Labute approximate surface area is 376 Å². The number of aliphatic hydroxyl groups excluding tert-OH is 1. The molecule has 0 amide bonds. The molecule has 6 aromatic rings. The van der Waals surface area contributed by atoms with E-state index >= 15 is 0 Å². The lowest BCUT2D eigenvalue weighted by atomic mass is 9.97. The fraction of sp³-hybridized carbons (Fsp3) is 0.333. The molecule has 334 valence electrons. The van der Waals surface area contributed by atoms with E-state index in [0.29, 0.717) is 26.2 Å². The highest BCUT2D eigenvalue weighted by atomic mass is 16.7. The van der Waals surface area contributed by atoms with Gasteiger partial charge in [0.15, 0.2) is 12.6 Å². The van der Waals surface area contributed by atoms with Gasteiger partial charge in [-0.1, -0.05) is 182 Å². The summed E-state index contributed by atoms with van der Waals surface area (Å²) in [4.78, 5) is 0. The maximum absolute atomic E-state index is 11.7. The van der Waals surface area contributed by atoms with Gasteiger partial charge in [0.2, 0.25) is 0 Å². The van der Waals surface area contributed by atoms with Gasteiger partial charge in [-0.2, -0.15) is 0 Å². The lowest BCUT2D eigenvalue weighted by Gasteiger charge is -2.45. The van der Waals surface area contributed by atoms with Crippen LogP contribution in [-0.4, -0.2) is 73.6 Å². The summed E-state index contributed by atoms with van der Waals surface area (Å²) in [6.45, 7) is 2.17. The molecule has 6 aromatic carbocycles. The van der Waals surface area contributed by atoms with Gasteiger partial charge in [-0.15, -0.1) is 0 Å². The molecule has 0 saturated carbocycles. The zero-order chi connectivity index (χ0) is 43.6. The van der Waals surface area contributed by atoms with E-state index in [2.05, 4.69) is 0 Å². The van der Waals surface area contributed by atoms with Crippen molar-refractivity contribution in [1.82, 2.24) is 0 Å². The van der Waals surface area contributed by atoms with Gasteiger partial charge in [0, 0.05) is 6.42 Å². The molecular formula is C54H58O10. The van der Waals surface area contributed by atoms with Crippen molar-refractivity contribution in [3.63, 3.8) is 0 Å². The maximum Gasteiger partial charge on any atom is 0.184 e. The molecule has 0 aliphatic carbocycles. The molecule has 0 bridgehead atoms. The Kier molecular flexibility index (Phi) is 17.3. The van der Waals surface area contributed by atoms with Gasteiger partial charge in [0.05, 0.1) is 59.0 Å². The third-order valence-electron chi connectivity index (χ3n) is 11.4. The van der Waals surface area contributed by atoms with Crippen LogP contribution in [-0.2, 0) is 82.3 Å². The summed E-state index contributed by atoms with van der Waals surface area (Å²) in [6.07, 6.45) is -6.28. The number of hydrogen-bond donors (Lipinski definition) is 1. The van der Waals surface area contributed by atoms with E-state index in [1.54, 1.807) is 0 Å². The van der Waals surface area contributed by atoms with Crippen molar-refractivity contribution in [2.45, 2.75) is 101 Å². The first-order valence-corrected chi connectivity index (χ1v) is 22.1. The van der Waals surface area contributed by atoms with Gasteiger partial charge in [-0.05, 0) is 33.4 Å². The number of benzene rings is 6. The third-order valence-corrected chi connectivity index (χ3v) is 11.4. The van der Waals surface area contributed by atoms with Crippen molar-refractivity contribution in [2.75, 3.05) is 13.2 Å². The van der Waals surface area contributed by atoms with Crippen molar-refractivity contribution in [1.29, 1.82) is 0 Å². The summed E-state index contributed by atoms with van der Waals surface area (Å²) in [5, 5.41) is 11.7. The van der Waals surface area contributed by atoms with E-state index < -0.39 is 55.3 Å². The van der Waals surface area contributed by atoms with E-state index in [0.717, 1.165) is 33.4 Å². The molecule has 9 atom stereocenters. The molecular weight excluding hydrogens is 809 g/mol. The zero-order valence-corrected chi connectivity index (χ0v) is 36.0. The van der Waals surface area contributed by atoms with Crippen LogP contribution in [0.15, 0.2) is 182 Å². The third kappa shape index (κ3) is 13.5. The average molecular weight is 867 g/mol. The van der Waals surface area contributed by atoms with Gasteiger partial charge in [-0.3, -0.25) is 0 Å². The van der Waals surface area contributed by atoms with Crippen LogP contribution >= 0.6 is 0 Å². The van der Waals surface area contributed by atoms with E-state index in [9.17, 15) is 5.11 Å². The number of hydrogen-bond acceptors (Lipinski definition) is 10. The quantitative estimate of drug-likeness (QED) is 0.0712. The summed E-state index contributed by atoms with van der Waals surface area (Å²) in [5.74, 6) is 0. The Morgan fingerprint density at radius 1 is 0.359 bits per heavy atom. The van der Waals surface area contributed by atoms with E-state index in [-0.39, 0.29) is 33.0 Å². The molecule has 64 heavy (non-hydrogen) atoms. The normalized spacial score (nSPS) is 24.6. The van der Waals surface area contributed by atoms with Gasteiger partial charge in [0.1, 0.15) is 36.6 Å². The summed E-state index contributed by atoms with van der Waals surface area (Å²) in [7, 11) is 0. The molecule has 2 fully saturated rings. The lowest BCUT2D eigenvalue weighted by molar-refractivity contribution is -0.330. The first-order valence-electron chi connectivity index (χ1n) is 22.1. The van der Waals surface area contributed by atoms with Crippen LogP contribution in [0, 0.1) is 0 Å². The molecule has 0 spiro atoms. The molecule has 0 aromatic heterocycles. The molecule has 2 heterocycles. The van der Waals surface area contributed by atoms with Gasteiger partial charge >= 0.3 is 0 Å². The van der Waals surface area contributed by atoms with Crippen molar-refractivity contribution in [3.8, 4) is 0 Å². The fourth-order valence-corrected chi connectivity index (χ4v) is 8.02. The molecule has 8 rings (SSSR count). The molecule has 10 nitrogen and oxygen atoms in total. The average Bonchev–Trinajstić information content (AvgIpc) is 3.35. The Hall–Kier alpha value is -5.08. The number of rotatable bonds is 22. The van der Waals surface area contributed by atoms with Crippen LogP contribution in [0.5, 0.6) is 0 Å². The van der Waals surface area contributed by atoms with E-state index in [1.165, 1.54) is 0 Å². The second kappa shape index (κ2) is 24.3. The second-order valence-corrected chi connectivity index (χ2v) is 16.1. The predicted octanol–water partition coefficient (Wildman–Crippen LogP) is 8.98. The molecule has 1 N–H and O–H groups in total. The minimum absolute atomic E-state index is 0.0102. The smallest absolute Gasteiger partial charge is 0.184 e. The zero-order valence-electron chi connectivity index (χ0n) is 36.0. The highest BCUT2D eigenvalue weighted by molar-refractivity contribution is 5.18. The first-order chi connectivity index (χ1) is 31.6. The molecule has 0 unspecified atom stereocenters. The summed E-state index contributed by atoms with van der Waals surface area (Å²) in [6, 6.07) is 59.9. The van der Waals surface area contributed by atoms with Gasteiger partial charge in [-0.25, -0.2) is 0 Å². The first kappa shape index (κ1) is 45.5. The minimum atomic E-state index is -1.35.